The highest BCUT2D eigenvalue weighted by molar-refractivity contribution is 6.31. The fraction of sp³-hybridized carbons (Fsp3) is 0.273. The van der Waals surface area contributed by atoms with Gasteiger partial charge in [0.2, 0.25) is 0 Å². The molecule has 4 rings (SSSR count). The lowest BCUT2D eigenvalue weighted by atomic mass is 10.1. The Morgan fingerprint density at radius 2 is 2.00 bits per heavy atom. The minimum absolute atomic E-state index is 0.0724. The molecule has 0 fully saturated rings. The molecule has 2 heterocycles. The number of nitrogens with one attached hydrogen (secondary N) is 2. The molecule has 1 atom stereocenters. The number of carboxylic acids is 1. The Hall–Kier alpha value is -3.24. The second-order valence-electron chi connectivity index (χ2n) is 7.28. The summed E-state index contributed by atoms with van der Waals surface area (Å²) in [5.41, 5.74) is 3.04. The van der Waals surface area contributed by atoms with E-state index in [1.807, 2.05) is 30.3 Å². The molecule has 0 bridgehead atoms. The standard InChI is InChI=1S/C20H20ClN3O2.C2HF3O2/c1-13(14-2-4-17-19(11-14)26-12-20(25)23-17)22-7-9-24-8-6-15-10-16(21)3-5-18(15)24;3-2(4,5)1(6)7/h2-6,8,10-11,13,22H,7,9,12H2,1H3,(H,23,25);(H,6,7). The van der Waals surface area contributed by atoms with Crippen molar-refractivity contribution in [3.05, 3.63) is 59.2 Å². The summed E-state index contributed by atoms with van der Waals surface area (Å²) in [6.07, 6.45) is -3.00. The van der Waals surface area contributed by atoms with Gasteiger partial charge in [-0.3, -0.25) is 4.79 Å². The van der Waals surface area contributed by atoms with Gasteiger partial charge in [-0.05, 0) is 48.9 Å². The number of amides is 1. The van der Waals surface area contributed by atoms with Crippen molar-refractivity contribution in [2.75, 3.05) is 18.5 Å². The van der Waals surface area contributed by atoms with Crippen LogP contribution in [0.1, 0.15) is 18.5 Å². The van der Waals surface area contributed by atoms with Gasteiger partial charge < -0.3 is 25.0 Å². The van der Waals surface area contributed by atoms with Gasteiger partial charge in [0.05, 0.1) is 5.69 Å². The minimum atomic E-state index is -5.08. The second kappa shape index (κ2) is 10.1. The van der Waals surface area contributed by atoms with Crippen molar-refractivity contribution in [2.45, 2.75) is 25.7 Å². The third kappa shape index (κ3) is 6.39. The van der Waals surface area contributed by atoms with Crippen molar-refractivity contribution in [2.24, 2.45) is 0 Å². The van der Waals surface area contributed by atoms with Gasteiger partial charge in [0, 0.05) is 41.3 Å². The summed E-state index contributed by atoms with van der Waals surface area (Å²) in [5, 5.41) is 15.4. The highest BCUT2D eigenvalue weighted by Gasteiger charge is 2.38. The van der Waals surface area contributed by atoms with E-state index in [2.05, 4.69) is 40.5 Å². The fourth-order valence-corrected chi connectivity index (χ4v) is 3.43. The number of fused-ring (bicyclic) bond motifs is 2. The number of carboxylic acid groups (broad SMARTS) is 1. The van der Waals surface area contributed by atoms with Crippen LogP contribution in [0.2, 0.25) is 5.02 Å². The van der Waals surface area contributed by atoms with Crippen LogP contribution in [0.3, 0.4) is 0 Å². The zero-order chi connectivity index (χ0) is 24.2. The highest BCUT2D eigenvalue weighted by Crippen LogP contribution is 2.30. The van der Waals surface area contributed by atoms with Crippen LogP contribution in [-0.4, -0.2) is 40.9 Å². The van der Waals surface area contributed by atoms with Crippen LogP contribution in [0.25, 0.3) is 10.9 Å². The fourth-order valence-electron chi connectivity index (χ4n) is 3.25. The average molecular weight is 484 g/mol. The molecule has 0 saturated heterocycles. The highest BCUT2D eigenvalue weighted by atomic mass is 35.5. The molecule has 176 valence electrons. The van der Waals surface area contributed by atoms with Crippen LogP contribution in [0.15, 0.2) is 48.7 Å². The number of benzene rings is 2. The van der Waals surface area contributed by atoms with Crippen molar-refractivity contribution in [3.8, 4) is 5.75 Å². The normalized spacial score (nSPS) is 13.9. The van der Waals surface area contributed by atoms with Gasteiger partial charge in [0.15, 0.2) is 6.61 Å². The Morgan fingerprint density at radius 1 is 1.27 bits per heavy atom. The molecule has 3 aromatic rings. The molecule has 7 nitrogen and oxygen atoms in total. The maximum Gasteiger partial charge on any atom is 0.490 e. The lowest BCUT2D eigenvalue weighted by Gasteiger charge is -2.21. The zero-order valence-corrected chi connectivity index (χ0v) is 18.2. The van der Waals surface area contributed by atoms with Crippen LogP contribution in [0, 0.1) is 0 Å². The van der Waals surface area contributed by atoms with Gasteiger partial charge in [-0.2, -0.15) is 13.2 Å². The number of ether oxygens (including phenoxy) is 1. The number of carbonyl (C=O) groups excluding carboxylic acids is 1. The number of rotatable bonds is 5. The summed E-state index contributed by atoms with van der Waals surface area (Å²) in [6, 6.07) is 14.1. The molecular formula is C22H21ClF3N3O4. The molecule has 11 heteroatoms. The molecule has 0 saturated carbocycles. The summed E-state index contributed by atoms with van der Waals surface area (Å²) in [5.74, 6) is -2.15. The van der Waals surface area contributed by atoms with Crippen molar-refractivity contribution < 1.29 is 32.6 Å². The molecule has 0 aliphatic carbocycles. The summed E-state index contributed by atoms with van der Waals surface area (Å²) >= 11 is 6.05. The quantitative estimate of drug-likeness (QED) is 0.493. The third-order valence-corrected chi connectivity index (χ3v) is 5.15. The van der Waals surface area contributed by atoms with Gasteiger partial charge in [-0.1, -0.05) is 17.7 Å². The van der Waals surface area contributed by atoms with E-state index in [0.717, 1.165) is 40.5 Å². The number of carbonyl (C=O) groups is 2. The van der Waals surface area contributed by atoms with Gasteiger partial charge in [0.25, 0.3) is 5.91 Å². The SMILES string of the molecule is CC(NCCn1ccc2cc(Cl)ccc21)c1ccc2c(c1)OCC(=O)N2.O=C(O)C(F)(F)F. The van der Waals surface area contributed by atoms with Crippen molar-refractivity contribution in [3.63, 3.8) is 0 Å². The molecule has 2 aromatic carbocycles. The van der Waals surface area contributed by atoms with E-state index in [1.54, 1.807) is 0 Å². The smallest absolute Gasteiger partial charge is 0.482 e. The molecular weight excluding hydrogens is 463 g/mol. The summed E-state index contributed by atoms with van der Waals surface area (Å²) in [6.45, 7) is 3.90. The van der Waals surface area contributed by atoms with E-state index < -0.39 is 12.1 Å². The summed E-state index contributed by atoms with van der Waals surface area (Å²) < 4.78 is 39.4. The van der Waals surface area contributed by atoms with Crippen molar-refractivity contribution >= 4 is 40.1 Å². The maximum atomic E-state index is 11.4. The Morgan fingerprint density at radius 3 is 2.70 bits per heavy atom. The number of nitrogens with zero attached hydrogens (tertiary/aromatic N) is 1. The number of hydrogen-bond donors (Lipinski definition) is 3. The monoisotopic (exact) mass is 483 g/mol. The molecule has 3 N–H and O–H groups in total. The first-order chi connectivity index (χ1) is 15.5. The lowest BCUT2D eigenvalue weighted by molar-refractivity contribution is -0.192. The second-order valence-corrected chi connectivity index (χ2v) is 7.72. The number of anilines is 1. The average Bonchev–Trinajstić information content (AvgIpc) is 3.15. The van der Waals surface area contributed by atoms with Gasteiger partial charge >= 0.3 is 12.1 Å². The Kier molecular flexibility index (Phi) is 7.50. The van der Waals surface area contributed by atoms with E-state index in [1.165, 1.54) is 5.52 Å². The molecule has 33 heavy (non-hydrogen) atoms. The topological polar surface area (TPSA) is 92.6 Å². The first-order valence-corrected chi connectivity index (χ1v) is 10.3. The van der Waals surface area contributed by atoms with E-state index in [4.69, 9.17) is 26.2 Å². The molecule has 1 aliphatic heterocycles. The largest absolute Gasteiger partial charge is 0.490 e. The Balaban J connectivity index is 0.000000383. The maximum absolute atomic E-state index is 11.4. The summed E-state index contributed by atoms with van der Waals surface area (Å²) in [4.78, 5) is 20.2. The number of alkyl halides is 3. The van der Waals surface area contributed by atoms with E-state index in [0.29, 0.717) is 0 Å². The van der Waals surface area contributed by atoms with Crippen LogP contribution >= 0.6 is 11.6 Å². The number of halogens is 4. The van der Waals surface area contributed by atoms with Gasteiger partial charge in [0.1, 0.15) is 5.75 Å². The number of hydrogen-bond acceptors (Lipinski definition) is 4. The Labute approximate surface area is 192 Å². The molecule has 1 amide bonds. The van der Waals surface area contributed by atoms with Crippen molar-refractivity contribution in [1.29, 1.82) is 0 Å². The predicted octanol–water partition coefficient (Wildman–Crippen LogP) is 4.61. The van der Waals surface area contributed by atoms with E-state index in [9.17, 15) is 18.0 Å². The summed E-state index contributed by atoms with van der Waals surface area (Å²) in [7, 11) is 0. The predicted molar refractivity (Wildman–Crippen MR) is 118 cm³/mol. The van der Waals surface area contributed by atoms with Crippen LogP contribution < -0.4 is 15.4 Å². The Bertz CT molecular complexity index is 1160. The van der Waals surface area contributed by atoms with E-state index >= 15 is 0 Å². The molecule has 0 radical (unpaired) electrons. The minimum Gasteiger partial charge on any atom is -0.482 e. The number of aromatic nitrogens is 1. The molecule has 1 aliphatic rings. The first kappa shape index (κ1) is 24.4. The molecule has 1 unspecified atom stereocenters. The van der Waals surface area contributed by atoms with Crippen molar-refractivity contribution in [1.82, 2.24) is 9.88 Å². The van der Waals surface area contributed by atoms with Gasteiger partial charge in [-0.15, -0.1) is 0 Å². The molecule has 1 aromatic heterocycles. The van der Waals surface area contributed by atoms with Crippen LogP contribution in [0.5, 0.6) is 5.75 Å². The number of aliphatic carboxylic acids is 1. The van der Waals surface area contributed by atoms with E-state index in [-0.39, 0.29) is 18.6 Å². The third-order valence-electron chi connectivity index (χ3n) is 4.92. The lowest BCUT2D eigenvalue weighted by Crippen LogP contribution is -2.26. The molecule has 0 spiro atoms. The first-order valence-electron chi connectivity index (χ1n) is 9.89. The van der Waals surface area contributed by atoms with Crippen LogP contribution in [0.4, 0.5) is 18.9 Å². The zero-order valence-electron chi connectivity index (χ0n) is 17.4. The van der Waals surface area contributed by atoms with Gasteiger partial charge in [-0.25, -0.2) is 4.79 Å². The van der Waals surface area contributed by atoms with Crippen LogP contribution in [-0.2, 0) is 16.1 Å².